The molecule has 0 aliphatic carbocycles. The fourth-order valence-electron chi connectivity index (χ4n) is 1.67. The van der Waals surface area contributed by atoms with E-state index in [0.29, 0.717) is 5.56 Å². The first kappa shape index (κ1) is 17.3. The summed E-state index contributed by atoms with van der Waals surface area (Å²) in [5.41, 5.74) is -0.407. The van der Waals surface area contributed by atoms with E-state index in [9.17, 15) is 28.1 Å². The predicted molar refractivity (Wildman–Crippen MR) is 75.6 cm³/mol. The Morgan fingerprint density at radius 2 is 1.88 bits per heavy atom. The molecule has 0 atom stereocenters. The average Bonchev–Trinajstić information content (AvgIpc) is 3.00. The van der Waals surface area contributed by atoms with Crippen molar-refractivity contribution in [1.29, 1.82) is 0 Å². The number of rotatable bonds is 5. The normalized spacial score (nSPS) is 11.6. The van der Waals surface area contributed by atoms with Crippen LogP contribution in [0.25, 0.3) is 6.08 Å². The van der Waals surface area contributed by atoms with E-state index in [1.165, 1.54) is 24.3 Å². The maximum atomic E-state index is 12.4. The van der Waals surface area contributed by atoms with E-state index in [0.717, 1.165) is 24.3 Å². The first-order valence-corrected chi connectivity index (χ1v) is 6.51. The highest BCUT2D eigenvalue weighted by Crippen LogP contribution is 2.29. The van der Waals surface area contributed by atoms with Crippen LogP contribution in [0.3, 0.4) is 0 Å². The van der Waals surface area contributed by atoms with Gasteiger partial charge in [-0.15, -0.1) is 0 Å². The number of hydrogen-bond acceptors (Lipinski definition) is 5. The van der Waals surface area contributed by atoms with E-state index in [1.54, 1.807) is 0 Å². The number of hydrogen-bond donors (Lipinski definition) is 0. The van der Waals surface area contributed by atoms with Gasteiger partial charge in [-0.3, -0.25) is 10.1 Å². The lowest BCUT2D eigenvalue weighted by Crippen LogP contribution is -2.05. The van der Waals surface area contributed by atoms with Crippen LogP contribution in [0.4, 0.5) is 19.1 Å². The van der Waals surface area contributed by atoms with Gasteiger partial charge in [0.15, 0.2) is 0 Å². The summed E-state index contributed by atoms with van der Waals surface area (Å²) < 4.78 is 46.9. The minimum atomic E-state index is -4.43. The molecule has 0 fully saturated rings. The van der Waals surface area contributed by atoms with Gasteiger partial charge in [-0.25, -0.2) is 4.79 Å². The molecule has 0 amide bonds. The van der Waals surface area contributed by atoms with E-state index in [2.05, 4.69) is 0 Å². The van der Waals surface area contributed by atoms with Crippen LogP contribution >= 0.6 is 0 Å². The fraction of sp³-hybridized carbons (Fsp3) is 0.133. The van der Waals surface area contributed by atoms with E-state index >= 15 is 0 Å². The molecule has 0 N–H and O–H groups in total. The van der Waals surface area contributed by atoms with Crippen LogP contribution < -0.4 is 0 Å². The molecule has 0 aliphatic heterocycles. The number of benzene rings is 1. The highest BCUT2D eigenvalue weighted by molar-refractivity contribution is 5.86. The molecule has 24 heavy (non-hydrogen) atoms. The maximum absolute atomic E-state index is 12.4. The van der Waals surface area contributed by atoms with Crippen LogP contribution in [0.2, 0.25) is 0 Å². The Morgan fingerprint density at radius 1 is 1.21 bits per heavy atom. The molecule has 0 spiro atoms. The molecule has 1 aromatic heterocycles. The zero-order valence-corrected chi connectivity index (χ0v) is 11.9. The number of halogens is 3. The first-order chi connectivity index (χ1) is 11.3. The van der Waals surface area contributed by atoms with Crippen molar-refractivity contribution >= 4 is 17.9 Å². The van der Waals surface area contributed by atoms with Gasteiger partial charge in [0.1, 0.15) is 17.3 Å². The third kappa shape index (κ3) is 4.70. The Bertz CT molecular complexity index is 762. The molecular weight excluding hydrogens is 331 g/mol. The molecule has 0 saturated carbocycles. The summed E-state index contributed by atoms with van der Waals surface area (Å²) in [6, 6.07) is 6.62. The number of ether oxygens (including phenoxy) is 1. The molecule has 0 radical (unpaired) electrons. The first-order valence-electron chi connectivity index (χ1n) is 6.51. The largest absolute Gasteiger partial charge is 0.458 e. The van der Waals surface area contributed by atoms with Crippen LogP contribution in [0.15, 0.2) is 46.9 Å². The van der Waals surface area contributed by atoms with Crippen molar-refractivity contribution in [2.45, 2.75) is 12.8 Å². The van der Waals surface area contributed by atoms with E-state index in [1.807, 2.05) is 0 Å². The molecule has 6 nitrogen and oxygen atoms in total. The molecule has 126 valence electrons. The Morgan fingerprint density at radius 3 is 2.42 bits per heavy atom. The average molecular weight is 341 g/mol. The summed E-state index contributed by atoms with van der Waals surface area (Å²) in [5.74, 6) is -1.14. The quantitative estimate of drug-likeness (QED) is 0.356. The molecule has 1 aromatic carbocycles. The molecule has 0 bridgehead atoms. The second-order valence-electron chi connectivity index (χ2n) is 4.57. The SMILES string of the molecule is O=C(/C=C/c1ccc([N+](=O)[O-])o1)OCc1ccc(C(F)(F)F)cc1. The van der Waals surface area contributed by atoms with Crippen molar-refractivity contribution in [3.63, 3.8) is 0 Å². The molecular formula is C15H10F3NO5. The molecule has 0 unspecified atom stereocenters. The molecule has 9 heteroatoms. The number of nitro groups is 1. The van der Waals surface area contributed by atoms with Gasteiger partial charge >= 0.3 is 18.0 Å². The number of carbonyl (C=O) groups is 1. The van der Waals surface area contributed by atoms with Crippen LogP contribution in [-0.2, 0) is 22.3 Å². The minimum absolute atomic E-state index is 0.0909. The third-order valence-electron chi connectivity index (χ3n) is 2.84. The van der Waals surface area contributed by atoms with Crippen molar-refractivity contribution in [2.24, 2.45) is 0 Å². The Labute approximate surface area is 133 Å². The number of alkyl halides is 3. The van der Waals surface area contributed by atoms with Gasteiger partial charge in [0, 0.05) is 6.08 Å². The molecule has 2 rings (SSSR count). The summed E-state index contributed by atoms with van der Waals surface area (Å²) in [7, 11) is 0. The smallest absolute Gasteiger partial charge is 0.433 e. The van der Waals surface area contributed by atoms with Crippen molar-refractivity contribution in [1.82, 2.24) is 0 Å². The Hall–Kier alpha value is -3.10. The van der Waals surface area contributed by atoms with Crippen molar-refractivity contribution in [3.8, 4) is 0 Å². The summed E-state index contributed by atoms with van der Waals surface area (Å²) in [6.07, 6.45) is -2.25. The monoisotopic (exact) mass is 341 g/mol. The zero-order valence-electron chi connectivity index (χ0n) is 11.9. The van der Waals surface area contributed by atoms with Gasteiger partial charge < -0.3 is 9.15 Å². The molecule has 0 saturated heterocycles. The van der Waals surface area contributed by atoms with E-state index in [-0.39, 0.29) is 12.4 Å². The van der Waals surface area contributed by atoms with Crippen LogP contribution in [0.5, 0.6) is 0 Å². The Balaban J connectivity index is 1.88. The second-order valence-corrected chi connectivity index (χ2v) is 4.57. The lowest BCUT2D eigenvalue weighted by Gasteiger charge is -2.07. The number of carbonyl (C=O) groups excluding carboxylic acids is 1. The summed E-state index contributed by atoms with van der Waals surface area (Å²) >= 11 is 0. The maximum Gasteiger partial charge on any atom is 0.433 e. The van der Waals surface area contributed by atoms with Gasteiger partial charge in [-0.1, -0.05) is 12.1 Å². The summed E-state index contributed by atoms with van der Waals surface area (Å²) in [6.45, 7) is -0.209. The highest BCUT2D eigenvalue weighted by atomic mass is 19.4. The number of furan rings is 1. The minimum Gasteiger partial charge on any atom is -0.458 e. The van der Waals surface area contributed by atoms with Crippen molar-refractivity contribution in [2.75, 3.05) is 0 Å². The van der Waals surface area contributed by atoms with Gasteiger partial charge in [0.25, 0.3) is 0 Å². The fourth-order valence-corrected chi connectivity index (χ4v) is 1.67. The van der Waals surface area contributed by atoms with Crippen LogP contribution in [-0.4, -0.2) is 10.9 Å². The van der Waals surface area contributed by atoms with Crippen molar-refractivity contribution in [3.05, 3.63) is 69.5 Å². The van der Waals surface area contributed by atoms with Gasteiger partial charge in [0.2, 0.25) is 0 Å². The summed E-state index contributed by atoms with van der Waals surface area (Å²) in [5, 5.41) is 10.4. The van der Waals surface area contributed by atoms with Gasteiger partial charge in [0.05, 0.1) is 11.6 Å². The highest BCUT2D eigenvalue weighted by Gasteiger charge is 2.29. The topological polar surface area (TPSA) is 82.6 Å². The van der Waals surface area contributed by atoms with Gasteiger partial charge in [-0.2, -0.15) is 13.2 Å². The van der Waals surface area contributed by atoms with E-state index < -0.39 is 28.5 Å². The molecule has 1 heterocycles. The van der Waals surface area contributed by atoms with Crippen molar-refractivity contribution < 1.29 is 32.0 Å². The number of esters is 1. The zero-order chi connectivity index (χ0) is 17.7. The molecule has 0 aliphatic rings. The van der Waals surface area contributed by atoms with E-state index in [4.69, 9.17) is 9.15 Å². The number of nitrogens with zero attached hydrogens (tertiary/aromatic N) is 1. The van der Waals surface area contributed by atoms with Crippen LogP contribution in [0, 0.1) is 10.1 Å². The molecule has 2 aromatic rings. The summed E-state index contributed by atoms with van der Waals surface area (Å²) in [4.78, 5) is 21.2. The third-order valence-corrected chi connectivity index (χ3v) is 2.84. The lowest BCUT2D eigenvalue weighted by molar-refractivity contribution is -0.402. The standard InChI is InChI=1S/C15H10F3NO5/c16-15(17,18)11-3-1-10(2-4-11)9-23-14(20)8-6-12-5-7-13(24-12)19(21)22/h1-8H,9H2/b8-6+. The lowest BCUT2D eigenvalue weighted by atomic mass is 10.1. The van der Waals surface area contributed by atoms with Crippen LogP contribution in [0.1, 0.15) is 16.9 Å². The predicted octanol–water partition coefficient (Wildman–Crippen LogP) is 3.96. The Kier molecular flexibility index (Phi) is 5.02. The second kappa shape index (κ2) is 6.99. The van der Waals surface area contributed by atoms with Gasteiger partial charge in [-0.05, 0) is 29.8 Å².